The molecule has 1 aliphatic carbocycles. The molecule has 24 heavy (non-hydrogen) atoms. The maximum atomic E-state index is 13.2. The average molecular weight is 342 g/mol. The fourth-order valence-electron chi connectivity index (χ4n) is 3.76. The van der Waals surface area contributed by atoms with E-state index in [9.17, 15) is 4.79 Å². The maximum Gasteiger partial charge on any atom is 0.233 e. The van der Waals surface area contributed by atoms with Crippen LogP contribution in [0.1, 0.15) is 42.2 Å². The van der Waals surface area contributed by atoms with Crippen molar-refractivity contribution in [1.82, 2.24) is 9.88 Å². The number of thiazole rings is 1. The summed E-state index contributed by atoms with van der Waals surface area (Å²) in [7, 11) is 1.67. The van der Waals surface area contributed by atoms with Crippen LogP contribution in [0, 0.1) is 0 Å². The number of carbonyl (C=O) groups is 1. The molecule has 4 rings (SSSR count). The van der Waals surface area contributed by atoms with Gasteiger partial charge < -0.3 is 9.64 Å². The van der Waals surface area contributed by atoms with Crippen molar-refractivity contribution in [2.24, 2.45) is 0 Å². The summed E-state index contributed by atoms with van der Waals surface area (Å²) in [6, 6.07) is 8.01. The molecule has 0 bridgehead atoms. The zero-order chi connectivity index (χ0) is 16.6. The predicted octanol–water partition coefficient (Wildman–Crippen LogP) is 3.59. The number of carbonyl (C=O) groups excluding carboxylic acids is 1. The lowest BCUT2D eigenvalue weighted by molar-refractivity contribution is -0.135. The van der Waals surface area contributed by atoms with E-state index in [1.807, 2.05) is 35.8 Å². The largest absolute Gasteiger partial charge is 0.497 e. The predicted molar refractivity (Wildman–Crippen MR) is 94.6 cm³/mol. The lowest BCUT2D eigenvalue weighted by Gasteiger charge is -2.34. The van der Waals surface area contributed by atoms with Gasteiger partial charge in [0.15, 0.2) is 0 Å². The number of methoxy groups -OCH3 is 1. The third kappa shape index (κ3) is 2.71. The fraction of sp³-hybridized carbons (Fsp3) is 0.474. The van der Waals surface area contributed by atoms with Gasteiger partial charge in [0.05, 0.1) is 17.5 Å². The van der Waals surface area contributed by atoms with Crippen LogP contribution in [0.25, 0.3) is 0 Å². The zero-order valence-electron chi connectivity index (χ0n) is 13.9. The minimum absolute atomic E-state index is 0.295. The number of benzene rings is 1. The van der Waals surface area contributed by atoms with Crippen LogP contribution in [0.2, 0.25) is 0 Å². The maximum absolute atomic E-state index is 13.2. The van der Waals surface area contributed by atoms with Gasteiger partial charge in [-0.2, -0.15) is 0 Å². The first-order valence-corrected chi connectivity index (χ1v) is 9.44. The van der Waals surface area contributed by atoms with Crippen LogP contribution in [-0.2, 0) is 10.2 Å². The summed E-state index contributed by atoms with van der Waals surface area (Å²) in [5, 5.41) is 3.19. The van der Waals surface area contributed by atoms with Gasteiger partial charge in [-0.15, -0.1) is 11.3 Å². The highest BCUT2D eigenvalue weighted by molar-refractivity contribution is 7.09. The van der Waals surface area contributed by atoms with E-state index in [4.69, 9.17) is 4.74 Å². The van der Waals surface area contributed by atoms with Crippen LogP contribution in [0.4, 0.5) is 0 Å². The molecule has 1 aliphatic heterocycles. The van der Waals surface area contributed by atoms with Gasteiger partial charge >= 0.3 is 0 Å². The van der Waals surface area contributed by atoms with Crippen molar-refractivity contribution in [3.05, 3.63) is 46.4 Å². The molecule has 126 valence electrons. The summed E-state index contributed by atoms with van der Waals surface area (Å²) in [6.07, 6.45) is 5.97. The molecule has 2 aliphatic rings. The van der Waals surface area contributed by atoms with Gasteiger partial charge in [-0.3, -0.25) is 4.79 Å². The van der Waals surface area contributed by atoms with Crippen LogP contribution >= 0.6 is 11.3 Å². The van der Waals surface area contributed by atoms with Crippen LogP contribution in [-0.4, -0.2) is 36.0 Å². The molecule has 2 aromatic rings. The van der Waals surface area contributed by atoms with Crippen LogP contribution in [0.15, 0.2) is 35.8 Å². The topological polar surface area (TPSA) is 42.4 Å². The van der Waals surface area contributed by atoms with Gasteiger partial charge in [-0.25, -0.2) is 4.98 Å². The Bertz CT molecular complexity index is 707. The van der Waals surface area contributed by atoms with Crippen molar-refractivity contribution < 1.29 is 9.53 Å². The molecule has 5 heteroatoms. The molecule has 0 unspecified atom stereocenters. The number of nitrogens with zero attached hydrogens (tertiary/aromatic N) is 2. The van der Waals surface area contributed by atoms with E-state index in [0.717, 1.165) is 50.1 Å². The van der Waals surface area contributed by atoms with Crippen molar-refractivity contribution >= 4 is 17.2 Å². The molecule has 1 amide bonds. The first kappa shape index (κ1) is 15.6. The van der Waals surface area contributed by atoms with E-state index in [1.165, 1.54) is 5.01 Å². The Morgan fingerprint density at radius 2 is 2.12 bits per heavy atom. The molecule has 1 aromatic heterocycles. The van der Waals surface area contributed by atoms with Gasteiger partial charge in [0.25, 0.3) is 0 Å². The summed E-state index contributed by atoms with van der Waals surface area (Å²) in [5.41, 5.74) is 0.835. The lowest BCUT2D eigenvalue weighted by Crippen LogP contribution is -2.44. The van der Waals surface area contributed by atoms with E-state index >= 15 is 0 Å². The van der Waals surface area contributed by atoms with Gasteiger partial charge in [0, 0.05) is 30.6 Å². The molecule has 1 aromatic carbocycles. The third-order valence-corrected chi connectivity index (χ3v) is 6.25. The number of piperidine rings is 1. The molecular formula is C19H22N2O2S. The van der Waals surface area contributed by atoms with Crippen LogP contribution in [0.3, 0.4) is 0 Å². The van der Waals surface area contributed by atoms with E-state index in [1.54, 1.807) is 18.4 Å². The van der Waals surface area contributed by atoms with Gasteiger partial charge in [0.2, 0.25) is 5.91 Å². The SMILES string of the molecule is COc1ccc(C2(C(=O)N3CCC[C@H](c4nccs4)C3)CC2)cc1. The molecule has 2 fully saturated rings. The number of hydrogen-bond acceptors (Lipinski definition) is 4. The van der Waals surface area contributed by atoms with E-state index in [0.29, 0.717) is 11.8 Å². The second-order valence-electron chi connectivity index (χ2n) is 6.77. The standard InChI is InChI=1S/C19H22N2O2S/c1-23-16-6-4-15(5-7-16)19(8-9-19)18(22)21-11-2-3-14(13-21)17-20-10-12-24-17/h4-7,10,12,14H,2-3,8-9,11,13H2,1H3/t14-/m0/s1. The van der Waals surface area contributed by atoms with Crippen molar-refractivity contribution in [3.63, 3.8) is 0 Å². The number of amides is 1. The summed E-state index contributed by atoms with van der Waals surface area (Å²) >= 11 is 1.70. The van der Waals surface area contributed by atoms with Crippen molar-refractivity contribution in [1.29, 1.82) is 0 Å². The lowest BCUT2D eigenvalue weighted by atomic mass is 9.91. The Morgan fingerprint density at radius 1 is 1.33 bits per heavy atom. The fourth-order valence-corrected chi connectivity index (χ4v) is 4.53. The quantitative estimate of drug-likeness (QED) is 0.853. The molecular weight excluding hydrogens is 320 g/mol. The molecule has 4 nitrogen and oxygen atoms in total. The van der Waals surface area contributed by atoms with Gasteiger partial charge in [0.1, 0.15) is 5.75 Å². The van der Waals surface area contributed by atoms with E-state index < -0.39 is 0 Å². The number of hydrogen-bond donors (Lipinski definition) is 0. The Kier molecular flexibility index (Phi) is 4.04. The number of rotatable bonds is 4. The van der Waals surface area contributed by atoms with E-state index in [-0.39, 0.29) is 5.41 Å². The average Bonchev–Trinajstić information content (AvgIpc) is 3.27. The Balaban J connectivity index is 1.52. The molecule has 1 atom stereocenters. The Hall–Kier alpha value is -1.88. The molecule has 0 radical (unpaired) electrons. The molecule has 0 spiro atoms. The van der Waals surface area contributed by atoms with Crippen molar-refractivity contribution in [2.45, 2.75) is 37.0 Å². The first-order chi connectivity index (χ1) is 11.7. The number of aromatic nitrogens is 1. The monoisotopic (exact) mass is 342 g/mol. The minimum atomic E-state index is -0.295. The molecule has 1 saturated carbocycles. The normalized spacial score (nSPS) is 22.2. The second kappa shape index (κ2) is 6.20. The summed E-state index contributed by atoms with van der Waals surface area (Å²) in [5.74, 6) is 1.53. The zero-order valence-corrected chi connectivity index (χ0v) is 14.7. The minimum Gasteiger partial charge on any atom is -0.497 e. The van der Waals surface area contributed by atoms with Gasteiger partial charge in [-0.05, 0) is 43.4 Å². The van der Waals surface area contributed by atoms with Gasteiger partial charge in [-0.1, -0.05) is 12.1 Å². The van der Waals surface area contributed by atoms with E-state index in [2.05, 4.69) is 9.88 Å². The smallest absolute Gasteiger partial charge is 0.233 e. The first-order valence-electron chi connectivity index (χ1n) is 8.56. The number of ether oxygens (including phenoxy) is 1. The molecule has 2 heterocycles. The second-order valence-corrected chi connectivity index (χ2v) is 7.70. The Morgan fingerprint density at radius 3 is 2.75 bits per heavy atom. The highest BCUT2D eigenvalue weighted by Gasteiger charge is 2.53. The highest BCUT2D eigenvalue weighted by Crippen LogP contribution is 2.50. The molecule has 0 N–H and O–H groups in total. The molecule has 1 saturated heterocycles. The summed E-state index contributed by atoms with van der Waals surface area (Å²) in [6.45, 7) is 1.68. The Labute approximate surface area is 146 Å². The van der Waals surface area contributed by atoms with Crippen molar-refractivity contribution in [3.8, 4) is 5.75 Å². The highest BCUT2D eigenvalue weighted by atomic mass is 32.1. The van der Waals surface area contributed by atoms with Crippen LogP contribution in [0.5, 0.6) is 5.75 Å². The number of likely N-dealkylation sites (tertiary alicyclic amines) is 1. The van der Waals surface area contributed by atoms with Crippen LogP contribution < -0.4 is 4.74 Å². The summed E-state index contributed by atoms with van der Waals surface area (Å²) in [4.78, 5) is 19.8. The summed E-state index contributed by atoms with van der Waals surface area (Å²) < 4.78 is 5.23. The third-order valence-electron chi connectivity index (χ3n) is 5.31. The van der Waals surface area contributed by atoms with Crippen molar-refractivity contribution in [2.75, 3.05) is 20.2 Å².